The van der Waals surface area contributed by atoms with Gasteiger partial charge in [-0.3, -0.25) is 9.59 Å². The van der Waals surface area contributed by atoms with E-state index in [1.54, 1.807) is 19.0 Å². The molecular weight excluding hydrogens is 354 g/mol. The van der Waals surface area contributed by atoms with E-state index in [9.17, 15) is 9.59 Å². The normalized spacial score (nSPS) is 10.2. The van der Waals surface area contributed by atoms with Crippen molar-refractivity contribution in [3.63, 3.8) is 0 Å². The van der Waals surface area contributed by atoms with Crippen molar-refractivity contribution in [1.29, 1.82) is 0 Å². The van der Waals surface area contributed by atoms with Gasteiger partial charge < -0.3 is 20.3 Å². The van der Waals surface area contributed by atoms with Crippen LogP contribution in [0.25, 0.3) is 0 Å². The van der Waals surface area contributed by atoms with E-state index >= 15 is 0 Å². The van der Waals surface area contributed by atoms with Gasteiger partial charge in [-0.15, -0.1) is 0 Å². The van der Waals surface area contributed by atoms with Crippen molar-refractivity contribution in [1.82, 2.24) is 4.90 Å². The molecule has 2 aromatic carbocycles. The number of rotatable bonds is 10. The van der Waals surface area contributed by atoms with Crippen LogP contribution in [0.1, 0.15) is 25.3 Å². The zero-order valence-electron chi connectivity index (χ0n) is 16.8. The monoisotopic (exact) mass is 383 g/mol. The lowest BCUT2D eigenvalue weighted by Gasteiger charge is -2.11. The minimum absolute atomic E-state index is 0.114. The zero-order valence-corrected chi connectivity index (χ0v) is 16.8. The number of nitrogens with zero attached hydrogens (tertiary/aromatic N) is 1. The first-order valence-corrected chi connectivity index (χ1v) is 9.53. The highest BCUT2D eigenvalue weighted by Gasteiger charge is 2.06. The van der Waals surface area contributed by atoms with E-state index < -0.39 is 0 Å². The molecule has 0 aliphatic carbocycles. The maximum atomic E-state index is 12.2. The third-order valence-electron chi connectivity index (χ3n) is 4.12. The summed E-state index contributed by atoms with van der Waals surface area (Å²) >= 11 is 0. The number of hydrogen-bond donors (Lipinski definition) is 2. The average Bonchev–Trinajstić information content (AvgIpc) is 2.70. The van der Waals surface area contributed by atoms with Crippen LogP contribution in [0.3, 0.4) is 0 Å². The van der Waals surface area contributed by atoms with Crippen molar-refractivity contribution in [2.45, 2.75) is 26.2 Å². The van der Waals surface area contributed by atoms with Gasteiger partial charge in [-0.1, -0.05) is 25.1 Å². The molecule has 0 fully saturated rings. The maximum Gasteiger partial charge on any atom is 0.243 e. The van der Waals surface area contributed by atoms with E-state index in [0.29, 0.717) is 25.1 Å². The summed E-state index contributed by atoms with van der Waals surface area (Å²) in [7, 11) is 3.52. The Balaban J connectivity index is 1.78. The number of nitrogens with one attached hydrogen (secondary N) is 2. The Morgan fingerprint density at radius 2 is 1.79 bits per heavy atom. The largest absolute Gasteiger partial charge is 0.494 e. The highest BCUT2D eigenvalue weighted by molar-refractivity contribution is 5.93. The fraction of sp³-hybridized carbons (Fsp3) is 0.364. The predicted molar refractivity (Wildman–Crippen MR) is 113 cm³/mol. The van der Waals surface area contributed by atoms with Crippen LogP contribution >= 0.6 is 0 Å². The quantitative estimate of drug-likeness (QED) is 0.658. The SMILES string of the molecule is CCCOc1cccc(NC(=O)CNc2ccc(CCC(=O)N(C)C)cc2)c1. The Labute approximate surface area is 166 Å². The molecule has 0 atom stereocenters. The Hall–Kier alpha value is -3.02. The molecule has 6 nitrogen and oxygen atoms in total. The van der Waals surface area contributed by atoms with Gasteiger partial charge in [0.25, 0.3) is 0 Å². The van der Waals surface area contributed by atoms with Gasteiger partial charge in [0.2, 0.25) is 11.8 Å². The smallest absolute Gasteiger partial charge is 0.243 e. The summed E-state index contributed by atoms with van der Waals surface area (Å²) in [6.45, 7) is 2.87. The molecule has 0 radical (unpaired) electrons. The fourth-order valence-electron chi connectivity index (χ4n) is 2.54. The van der Waals surface area contributed by atoms with Crippen molar-refractivity contribution in [3.8, 4) is 5.75 Å². The maximum absolute atomic E-state index is 12.2. The molecule has 0 unspecified atom stereocenters. The minimum Gasteiger partial charge on any atom is -0.494 e. The van der Waals surface area contributed by atoms with Crippen molar-refractivity contribution in [3.05, 3.63) is 54.1 Å². The second kappa shape index (κ2) is 11.0. The third kappa shape index (κ3) is 7.31. The lowest BCUT2D eigenvalue weighted by atomic mass is 10.1. The van der Waals surface area contributed by atoms with E-state index in [-0.39, 0.29) is 18.4 Å². The molecule has 28 heavy (non-hydrogen) atoms. The number of carbonyl (C=O) groups excluding carboxylic acids is 2. The first-order valence-electron chi connectivity index (χ1n) is 9.53. The van der Waals surface area contributed by atoms with Crippen LogP contribution in [-0.4, -0.2) is 44.0 Å². The highest BCUT2D eigenvalue weighted by atomic mass is 16.5. The molecule has 2 N–H and O–H groups in total. The number of hydrogen-bond acceptors (Lipinski definition) is 4. The summed E-state index contributed by atoms with van der Waals surface area (Å²) in [5.74, 6) is 0.729. The summed E-state index contributed by atoms with van der Waals surface area (Å²) in [4.78, 5) is 25.4. The molecule has 0 aromatic heterocycles. The highest BCUT2D eigenvalue weighted by Crippen LogP contribution is 2.17. The summed E-state index contributed by atoms with van der Waals surface area (Å²) in [5.41, 5.74) is 2.66. The van der Waals surface area contributed by atoms with Crippen molar-refractivity contribution < 1.29 is 14.3 Å². The fourth-order valence-corrected chi connectivity index (χ4v) is 2.54. The van der Waals surface area contributed by atoms with Gasteiger partial charge in [-0.05, 0) is 42.7 Å². The molecule has 2 amide bonds. The third-order valence-corrected chi connectivity index (χ3v) is 4.12. The zero-order chi connectivity index (χ0) is 20.4. The number of benzene rings is 2. The molecule has 0 aliphatic heterocycles. The van der Waals surface area contributed by atoms with E-state index in [0.717, 1.165) is 23.4 Å². The first-order chi connectivity index (χ1) is 13.5. The summed E-state index contributed by atoms with van der Waals surface area (Å²) in [5, 5.41) is 5.97. The van der Waals surface area contributed by atoms with Crippen LogP contribution in [0.4, 0.5) is 11.4 Å². The van der Waals surface area contributed by atoms with Crippen LogP contribution in [0.15, 0.2) is 48.5 Å². The van der Waals surface area contributed by atoms with E-state index in [1.807, 2.05) is 55.5 Å². The van der Waals surface area contributed by atoms with Gasteiger partial charge in [-0.25, -0.2) is 0 Å². The van der Waals surface area contributed by atoms with Gasteiger partial charge in [-0.2, -0.15) is 0 Å². The van der Waals surface area contributed by atoms with Gasteiger partial charge in [0.05, 0.1) is 13.2 Å². The standard InChI is InChI=1S/C22H29N3O3/c1-4-14-28-20-7-5-6-19(15-20)24-21(26)16-23-18-11-8-17(9-12-18)10-13-22(27)25(2)3/h5-9,11-12,15,23H,4,10,13-14,16H2,1-3H3,(H,24,26). The molecule has 2 aromatic rings. The van der Waals surface area contributed by atoms with E-state index in [1.165, 1.54) is 0 Å². The number of ether oxygens (including phenoxy) is 1. The summed E-state index contributed by atoms with van der Waals surface area (Å²) in [6.07, 6.45) is 2.13. The van der Waals surface area contributed by atoms with E-state index in [2.05, 4.69) is 10.6 Å². The van der Waals surface area contributed by atoms with Gasteiger partial charge >= 0.3 is 0 Å². The topological polar surface area (TPSA) is 70.7 Å². The Kier molecular flexibility index (Phi) is 8.34. The van der Waals surface area contributed by atoms with Gasteiger partial charge in [0, 0.05) is 38.0 Å². The van der Waals surface area contributed by atoms with Crippen LogP contribution in [-0.2, 0) is 16.0 Å². The number of anilines is 2. The lowest BCUT2D eigenvalue weighted by molar-refractivity contribution is -0.128. The molecular formula is C22H29N3O3. The molecule has 0 heterocycles. The second-order valence-corrected chi connectivity index (χ2v) is 6.76. The minimum atomic E-state index is -0.131. The Bertz CT molecular complexity index is 773. The predicted octanol–water partition coefficient (Wildman–Crippen LogP) is 3.55. The molecule has 150 valence electrons. The molecule has 2 rings (SSSR count). The average molecular weight is 383 g/mol. The van der Waals surface area contributed by atoms with Crippen LogP contribution in [0.5, 0.6) is 5.75 Å². The lowest BCUT2D eigenvalue weighted by Crippen LogP contribution is -2.22. The number of aryl methyl sites for hydroxylation is 1. The molecule has 0 aliphatic rings. The summed E-state index contributed by atoms with van der Waals surface area (Å²) in [6, 6.07) is 15.2. The Morgan fingerprint density at radius 3 is 2.46 bits per heavy atom. The molecule has 0 saturated carbocycles. The van der Waals surface area contributed by atoms with Crippen molar-refractivity contribution in [2.24, 2.45) is 0 Å². The number of amides is 2. The molecule has 0 bridgehead atoms. The van der Waals surface area contributed by atoms with Crippen LogP contribution in [0, 0.1) is 0 Å². The van der Waals surface area contributed by atoms with Crippen molar-refractivity contribution >= 4 is 23.2 Å². The number of carbonyl (C=O) groups is 2. The first kappa shape index (κ1) is 21.3. The molecule has 6 heteroatoms. The van der Waals surface area contributed by atoms with Gasteiger partial charge in [0.15, 0.2) is 0 Å². The second-order valence-electron chi connectivity index (χ2n) is 6.76. The van der Waals surface area contributed by atoms with Crippen molar-refractivity contribution in [2.75, 3.05) is 37.9 Å². The summed E-state index contributed by atoms with van der Waals surface area (Å²) < 4.78 is 5.57. The Morgan fingerprint density at radius 1 is 1.04 bits per heavy atom. The molecule has 0 saturated heterocycles. The van der Waals surface area contributed by atoms with Crippen LogP contribution in [0.2, 0.25) is 0 Å². The van der Waals surface area contributed by atoms with Crippen LogP contribution < -0.4 is 15.4 Å². The molecule has 0 spiro atoms. The van der Waals surface area contributed by atoms with Gasteiger partial charge in [0.1, 0.15) is 5.75 Å². The van der Waals surface area contributed by atoms with E-state index in [4.69, 9.17) is 4.74 Å².